The van der Waals surface area contributed by atoms with E-state index < -0.39 is 0 Å². The summed E-state index contributed by atoms with van der Waals surface area (Å²) in [5.74, 6) is 2.39. The third-order valence-corrected chi connectivity index (χ3v) is 9.53. The van der Waals surface area contributed by atoms with E-state index in [-0.39, 0.29) is 0 Å². The molecule has 0 fully saturated rings. The molecule has 0 unspecified atom stereocenters. The van der Waals surface area contributed by atoms with Gasteiger partial charge in [0.05, 0.1) is 0 Å². The van der Waals surface area contributed by atoms with Crippen molar-refractivity contribution < 1.29 is 0 Å². The molecule has 9 aromatic rings. The molecule has 54 heavy (non-hydrogen) atoms. The van der Waals surface area contributed by atoms with E-state index >= 15 is 0 Å². The minimum absolute atomic E-state index is 0.597. The highest BCUT2D eigenvalue weighted by Gasteiger charge is 2.21. The van der Waals surface area contributed by atoms with Gasteiger partial charge in [0.1, 0.15) is 22.6 Å². The Morgan fingerprint density at radius 1 is 0.278 bits per heavy atom. The standard InChI is InChI=1S/C32H18N8.C14H12/c1-2-10-18-17(9-1)25-33-26(18)38-28-21-13-5-6-14-22(21)30(35-28)40-32-24-16-8-7-15-23(24)31(36-32)39-29-20-12-4-3-11-19(20)27(34-29)37-25;1-3-7-13(8-4-1)11-12-14-9-5-2-6-10-14/h1-16H,(H2,33,34,35,36,37,38,39,40);1-12H/b;12-11+. The molecule has 0 saturated heterocycles. The van der Waals surface area contributed by atoms with Crippen molar-refractivity contribution >= 4 is 56.3 Å². The number of nitrogens with one attached hydrogen (secondary N) is 2. The second-order valence-corrected chi connectivity index (χ2v) is 12.9. The molecule has 0 atom stereocenters. The van der Waals surface area contributed by atoms with Crippen molar-refractivity contribution in [3.8, 4) is 45.6 Å². The molecule has 2 aliphatic heterocycles. The molecule has 8 bridgehead atoms. The second-order valence-electron chi connectivity index (χ2n) is 12.9. The van der Waals surface area contributed by atoms with Crippen LogP contribution in [0.5, 0.6) is 0 Å². The van der Waals surface area contributed by atoms with Crippen LogP contribution in [0.15, 0.2) is 158 Å². The maximum Gasteiger partial charge on any atom is 0.164 e. The van der Waals surface area contributed by atoms with E-state index in [1.807, 2.05) is 133 Å². The lowest BCUT2D eigenvalue weighted by Crippen LogP contribution is -1.82. The molecule has 2 N–H and O–H groups in total. The second kappa shape index (κ2) is 13.2. The van der Waals surface area contributed by atoms with Gasteiger partial charge in [-0.1, -0.05) is 170 Å². The quantitative estimate of drug-likeness (QED) is 0.174. The highest BCUT2D eigenvalue weighted by molar-refractivity contribution is 6.06. The van der Waals surface area contributed by atoms with E-state index in [9.17, 15) is 0 Å². The summed E-state index contributed by atoms with van der Waals surface area (Å²) in [4.78, 5) is 36.8. The monoisotopic (exact) mass is 694 g/mol. The summed E-state index contributed by atoms with van der Waals surface area (Å²) in [5.41, 5.74) is 8.91. The van der Waals surface area contributed by atoms with Crippen LogP contribution in [0.2, 0.25) is 0 Å². The Morgan fingerprint density at radius 3 is 0.833 bits per heavy atom. The van der Waals surface area contributed by atoms with E-state index in [1.165, 1.54) is 11.1 Å². The summed E-state index contributed by atoms with van der Waals surface area (Å²) < 4.78 is 0. The van der Waals surface area contributed by atoms with E-state index in [4.69, 9.17) is 29.9 Å². The molecule has 5 heterocycles. The van der Waals surface area contributed by atoms with Crippen molar-refractivity contribution in [3.63, 3.8) is 0 Å². The molecule has 254 valence electrons. The molecule has 6 aromatic carbocycles. The largest absolute Gasteiger partial charge is 0.324 e. The van der Waals surface area contributed by atoms with Crippen LogP contribution in [0.4, 0.5) is 0 Å². The third-order valence-electron chi connectivity index (χ3n) is 9.53. The number of aromatic nitrogens is 8. The predicted octanol–water partition coefficient (Wildman–Crippen LogP) is 10.7. The van der Waals surface area contributed by atoms with Crippen LogP contribution >= 0.6 is 0 Å². The summed E-state index contributed by atoms with van der Waals surface area (Å²) in [6.45, 7) is 0. The number of rotatable bonds is 2. The molecule has 3 aromatic heterocycles. The third kappa shape index (κ3) is 5.68. The highest BCUT2D eigenvalue weighted by atomic mass is 15.1. The fourth-order valence-corrected chi connectivity index (χ4v) is 6.91. The van der Waals surface area contributed by atoms with Crippen LogP contribution in [-0.4, -0.2) is 39.9 Å². The fourth-order valence-electron chi connectivity index (χ4n) is 6.91. The van der Waals surface area contributed by atoms with Gasteiger partial charge in [-0.15, -0.1) is 0 Å². The lowest BCUT2D eigenvalue weighted by Gasteiger charge is -1.96. The van der Waals surface area contributed by atoms with Gasteiger partial charge in [0.25, 0.3) is 0 Å². The van der Waals surface area contributed by atoms with E-state index in [1.54, 1.807) is 0 Å². The molecule has 2 aliphatic rings. The summed E-state index contributed by atoms with van der Waals surface area (Å²) in [7, 11) is 0. The van der Waals surface area contributed by atoms with Crippen molar-refractivity contribution in [2.24, 2.45) is 0 Å². The first-order chi connectivity index (χ1) is 26.7. The van der Waals surface area contributed by atoms with Crippen molar-refractivity contribution in [3.05, 3.63) is 169 Å². The maximum atomic E-state index is 5.02. The summed E-state index contributed by atoms with van der Waals surface area (Å²) in [6.07, 6.45) is 4.24. The first kappa shape index (κ1) is 31.2. The van der Waals surface area contributed by atoms with Crippen molar-refractivity contribution in [1.29, 1.82) is 0 Å². The van der Waals surface area contributed by atoms with Gasteiger partial charge in [0, 0.05) is 43.8 Å². The van der Waals surface area contributed by atoms with Gasteiger partial charge >= 0.3 is 0 Å². The Bertz CT molecular complexity index is 2690. The van der Waals surface area contributed by atoms with Crippen LogP contribution in [0.25, 0.3) is 102 Å². The van der Waals surface area contributed by atoms with Crippen molar-refractivity contribution in [2.45, 2.75) is 0 Å². The zero-order chi connectivity index (χ0) is 35.8. The molecule has 0 amide bonds. The van der Waals surface area contributed by atoms with Gasteiger partial charge in [0.2, 0.25) is 0 Å². The molecule has 0 aliphatic carbocycles. The van der Waals surface area contributed by atoms with Gasteiger partial charge in [0.15, 0.2) is 23.3 Å². The van der Waals surface area contributed by atoms with Crippen LogP contribution in [-0.2, 0) is 0 Å². The van der Waals surface area contributed by atoms with Gasteiger partial charge in [-0.3, -0.25) is 0 Å². The van der Waals surface area contributed by atoms with Gasteiger partial charge < -0.3 is 9.97 Å². The number of benzene rings is 6. The number of hydrogen-bond acceptors (Lipinski definition) is 6. The minimum atomic E-state index is 0.597. The van der Waals surface area contributed by atoms with Crippen LogP contribution in [0, 0.1) is 0 Å². The average Bonchev–Trinajstić information content (AvgIpc) is 3.97. The number of nitrogens with zero attached hydrogens (tertiary/aromatic N) is 6. The van der Waals surface area contributed by atoms with Gasteiger partial charge in [-0.05, 0) is 11.1 Å². The molecule has 11 rings (SSSR count). The summed E-state index contributed by atoms with van der Waals surface area (Å²) in [5, 5.41) is 3.82. The molecular formula is C46H30N8. The minimum Gasteiger partial charge on any atom is -0.324 e. The lowest BCUT2D eigenvalue weighted by molar-refractivity contribution is 1.19. The molecule has 0 spiro atoms. The predicted molar refractivity (Wildman–Crippen MR) is 218 cm³/mol. The first-order valence-corrected chi connectivity index (χ1v) is 17.7. The lowest BCUT2D eigenvalue weighted by atomic mass is 10.1. The SMILES string of the molecule is C(=C\c1ccccc1)/c1ccccc1.c1ccc2c(c1)-c1nc-2nc2[nH]c(nc3nc(nc4[nH]c(n1)c1ccccc41)-c1ccccc1-3)c1ccccc21. The summed E-state index contributed by atoms with van der Waals surface area (Å²) >= 11 is 0. The number of H-pyrrole nitrogens is 2. The van der Waals surface area contributed by atoms with Crippen LogP contribution in [0.3, 0.4) is 0 Å². The Kier molecular flexibility index (Phi) is 7.62. The molecular weight excluding hydrogens is 665 g/mol. The van der Waals surface area contributed by atoms with E-state index in [0.717, 1.165) is 43.8 Å². The smallest absolute Gasteiger partial charge is 0.164 e. The Labute approximate surface area is 309 Å². The summed E-state index contributed by atoms with van der Waals surface area (Å²) in [6, 6.07) is 52.9. The maximum absolute atomic E-state index is 5.02. The fraction of sp³-hybridized carbons (Fsp3) is 0. The van der Waals surface area contributed by atoms with Crippen LogP contribution in [0.1, 0.15) is 11.1 Å². The Morgan fingerprint density at radius 2 is 0.537 bits per heavy atom. The number of aromatic amines is 2. The molecule has 0 radical (unpaired) electrons. The van der Waals surface area contributed by atoms with E-state index in [0.29, 0.717) is 45.9 Å². The highest BCUT2D eigenvalue weighted by Crippen LogP contribution is 2.36. The number of hydrogen-bond donors (Lipinski definition) is 2. The molecule has 8 nitrogen and oxygen atoms in total. The Balaban J connectivity index is 0.000000218. The normalized spacial score (nSPS) is 11.6. The topological polar surface area (TPSA) is 109 Å². The van der Waals surface area contributed by atoms with Crippen molar-refractivity contribution in [1.82, 2.24) is 39.9 Å². The molecule has 0 saturated carbocycles. The molecule has 8 heteroatoms. The zero-order valence-electron chi connectivity index (χ0n) is 28.8. The first-order valence-electron chi connectivity index (χ1n) is 17.7. The average molecular weight is 695 g/mol. The Hall–Kier alpha value is -7.58. The number of fused-ring (bicyclic) bond motifs is 20. The van der Waals surface area contributed by atoms with Crippen LogP contribution < -0.4 is 0 Å². The zero-order valence-corrected chi connectivity index (χ0v) is 28.8. The van der Waals surface area contributed by atoms with Gasteiger partial charge in [-0.2, -0.15) is 0 Å². The van der Waals surface area contributed by atoms with Crippen molar-refractivity contribution in [2.75, 3.05) is 0 Å². The van der Waals surface area contributed by atoms with Gasteiger partial charge in [-0.25, -0.2) is 29.9 Å². The van der Waals surface area contributed by atoms with E-state index in [2.05, 4.69) is 46.4 Å².